The Hall–Kier alpha value is -2.75. The van der Waals surface area contributed by atoms with E-state index in [4.69, 9.17) is 44.3 Å². The molecular weight excluding hydrogens is 437 g/mol. The van der Waals surface area contributed by atoms with Gasteiger partial charge in [-0.1, -0.05) is 40.9 Å². The van der Waals surface area contributed by atoms with Crippen LogP contribution in [0.15, 0.2) is 24.3 Å². The third kappa shape index (κ3) is 4.38. The summed E-state index contributed by atoms with van der Waals surface area (Å²) in [4.78, 5) is 35.3. The van der Waals surface area contributed by atoms with E-state index in [0.29, 0.717) is 0 Å². The summed E-state index contributed by atoms with van der Waals surface area (Å²) in [7, 11) is 2.32. The molecule has 0 heterocycles. The number of ether oxygens (including phenoxy) is 2. The monoisotopic (exact) mass is 447 g/mol. The first-order valence-corrected chi connectivity index (χ1v) is 8.49. The summed E-state index contributed by atoms with van der Waals surface area (Å²) in [6.07, 6.45) is 0. The predicted molar refractivity (Wildman–Crippen MR) is 104 cm³/mol. The number of amides is 3. The molecule has 0 aromatic heterocycles. The molecule has 2 aromatic carbocycles. The number of methoxy groups -OCH3 is 2. The molecule has 2 N–H and O–H groups in total. The summed E-state index contributed by atoms with van der Waals surface area (Å²) < 4.78 is 10.0. The third-order valence-corrected chi connectivity index (χ3v) is 4.34. The molecule has 9 nitrogen and oxygen atoms in total. The highest BCUT2D eigenvalue weighted by Crippen LogP contribution is 2.42. The first-order chi connectivity index (χ1) is 13.2. The van der Waals surface area contributed by atoms with Gasteiger partial charge in [-0.25, -0.2) is 4.79 Å². The van der Waals surface area contributed by atoms with Gasteiger partial charge in [-0.3, -0.25) is 20.2 Å². The van der Waals surface area contributed by atoms with Crippen molar-refractivity contribution in [3.63, 3.8) is 0 Å². The highest BCUT2D eigenvalue weighted by atomic mass is 35.5. The Bertz CT molecular complexity index is 947. The molecule has 28 heavy (non-hydrogen) atoms. The molecule has 0 unspecified atom stereocenters. The van der Waals surface area contributed by atoms with Crippen LogP contribution < -0.4 is 20.1 Å². The number of rotatable bonds is 5. The first-order valence-electron chi connectivity index (χ1n) is 7.36. The second-order valence-electron chi connectivity index (χ2n) is 5.08. The van der Waals surface area contributed by atoms with Gasteiger partial charge in [-0.05, 0) is 12.1 Å². The van der Waals surface area contributed by atoms with E-state index in [-0.39, 0.29) is 26.5 Å². The Morgan fingerprint density at radius 3 is 2.11 bits per heavy atom. The number of hydrogen-bond acceptors (Lipinski definition) is 6. The van der Waals surface area contributed by atoms with Gasteiger partial charge in [0, 0.05) is 6.07 Å². The molecule has 0 fully saturated rings. The number of nitrogens with one attached hydrogen (secondary N) is 2. The number of nitro benzene ring substituents is 1. The number of nitro groups is 1. The molecule has 0 aliphatic carbocycles. The van der Waals surface area contributed by atoms with Crippen molar-refractivity contribution < 1.29 is 24.0 Å². The number of para-hydroxylation sites is 1. The fourth-order valence-electron chi connectivity index (χ4n) is 2.28. The molecule has 0 aliphatic rings. The van der Waals surface area contributed by atoms with Crippen molar-refractivity contribution in [2.75, 3.05) is 19.5 Å². The molecule has 0 saturated heterocycles. The van der Waals surface area contributed by atoms with Crippen LogP contribution in [0.1, 0.15) is 10.4 Å². The standard InChI is InChI=1S/C16H12Cl3N3O6/c1-27-13-9(19)6-10(22(25)26)14(28-2)11(13)15(23)21-16(24)20-12-7(17)4-3-5-8(12)18/h3-6H,1-2H3,(H2,20,21,23,24). The second-order valence-corrected chi connectivity index (χ2v) is 6.30. The number of halogens is 3. The topological polar surface area (TPSA) is 120 Å². The van der Waals surface area contributed by atoms with Crippen LogP contribution >= 0.6 is 34.8 Å². The highest BCUT2D eigenvalue weighted by Gasteiger charge is 2.31. The Kier molecular flexibility index (Phi) is 6.90. The van der Waals surface area contributed by atoms with Crippen molar-refractivity contribution in [3.05, 3.63) is 55.0 Å². The molecule has 148 valence electrons. The van der Waals surface area contributed by atoms with Gasteiger partial charge in [0.2, 0.25) is 5.75 Å². The Labute approximate surface area is 173 Å². The minimum atomic E-state index is -1.06. The van der Waals surface area contributed by atoms with E-state index in [1.165, 1.54) is 19.2 Å². The molecule has 0 saturated carbocycles. The fraction of sp³-hybridized carbons (Fsp3) is 0.125. The normalized spacial score (nSPS) is 10.2. The Morgan fingerprint density at radius 1 is 1.04 bits per heavy atom. The van der Waals surface area contributed by atoms with Crippen molar-refractivity contribution in [1.82, 2.24) is 5.32 Å². The predicted octanol–water partition coefficient (Wildman–Crippen LogP) is 4.53. The molecular formula is C16H12Cl3N3O6. The van der Waals surface area contributed by atoms with Crippen LogP contribution in [-0.2, 0) is 0 Å². The first kappa shape index (κ1) is 21.5. The van der Waals surface area contributed by atoms with Gasteiger partial charge in [0.1, 0.15) is 5.56 Å². The van der Waals surface area contributed by atoms with E-state index in [9.17, 15) is 19.7 Å². The summed E-state index contributed by atoms with van der Waals surface area (Å²) in [6.45, 7) is 0. The number of carbonyl (C=O) groups excluding carboxylic acids is 2. The second kappa shape index (κ2) is 8.96. The van der Waals surface area contributed by atoms with Crippen molar-refractivity contribution in [2.45, 2.75) is 0 Å². The molecule has 0 atom stereocenters. The van der Waals surface area contributed by atoms with Crippen LogP contribution in [0.25, 0.3) is 0 Å². The Balaban J connectivity index is 2.40. The number of urea groups is 1. The van der Waals surface area contributed by atoms with Gasteiger partial charge in [0.15, 0.2) is 5.75 Å². The molecule has 12 heteroatoms. The number of imide groups is 1. The zero-order valence-electron chi connectivity index (χ0n) is 14.3. The average Bonchev–Trinajstić information content (AvgIpc) is 2.63. The van der Waals surface area contributed by atoms with E-state index in [0.717, 1.165) is 13.2 Å². The van der Waals surface area contributed by atoms with Crippen molar-refractivity contribution in [3.8, 4) is 11.5 Å². The van der Waals surface area contributed by atoms with Crippen molar-refractivity contribution in [2.24, 2.45) is 0 Å². The van der Waals surface area contributed by atoms with Gasteiger partial charge in [0.25, 0.3) is 5.91 Å². The SMILES string of the molecule is COc1c(Cl)cc([N+](=O)[O-])c(OC)c1C(=O)NC(=O)Nc1c(Cl)cccc1Cl. The maximum absolute atomic E-state index is 12.6. The van der Waals surface area contributed by atoms with Crippen LogP contribution in [0.3, 0.4) is 0 Å². The van der Waals surface area contributed by atoms with Crippen molar-refractivity contribution >= 4 is 58.1 Å². The summed E-state index contributed by atoms with van der Waals surface area (Å²) in [5, 5.41) is 15.6. The molecule has 2 rings (SSSR count). The van der Waals surface area contributed by atoms with E-state index in [1.807, 2.05) is 5.32 Å². The lowest BCUT2D eigenvalue weighted by molar-refractivity contribution is -0.385. The lowest BCUT2D eigenvalue weighted by Gasteiger charge is -2.15. The number of benzene rings is 2. The van der Waals surface area contributed by atoms with Crippen LogP contribution in [0.4, 0.5) is 16.2 Å². The number of hydrogen-bond donors (Lipinski definition) is 2. The van der Waals surface area contributed by atoms with E-state index >= 15 is 0 Å². The van der Waals surface area contributed by atoms with Crippen molar-refractivity contribution in [1.29, 1.82) is 0 Å². The molecule has 0 spiro atoms. The van der Waals surface area contributed by atoms with E-state index in [1.54, 1.807) is 6.07 Å². The van der Waals surface area contributed by atoms with Gasteiger partial charge in [-0.15, -0.1) is 0 Å². The Morgan fingerprint density at radius 2 is 1.61 bits per heavy atom. The van der Waals surface area contributed by atoms with Gasteiger partial charge < -0.3 is 14.8 Å². The maximum Gasteiger partial charge on any atom is 0.326 e. The zero-order chi connectivity index (χ0) is 21.0. The van der Waals surface area contributed by atoms with Crippen LogP contribution in [0.5, 0.6) is 11.5 Å². The van der Waals surface area contributed by atoms with Crippen LogP contribution in [0, 0.1) is 10.1 Å². The quantitative estimate of drug-likeness (QED) is 0.512. The fourth-order valence-corrected chi connectivity index (χ4v) is 3.04. The van der Waals surface area contributed by atoms with Crippen LogP contribution in [-0.4, -0.2) is 31.1 Å². The summed E-state index contributed by atoms with van der Waals surface area (Å²) in [5.41, 5.74) is -0.926. The number of anilines is 1. The molecule has 0 aliphatic heterocycles. The lowest BCUT2D eigenvalue weighted by Crippen LogP contribution is -2.35. The molecule has 0 radical (unpaired) electrons. The molecule has 2 aromatic rings. The summed E-state index contributed by atoms with van der Waals surface area (Å²) >= 11 is 17.9. The minimum absolute atomic E-state index is 0.0761. The zero-order valence-corrected chi connectivity index (χ0v) is 16.6. The maximum atomic E-state index is 12.6. The summed E-state index contributed by atoms with van der Waals surface area (Å²) in [5.74, 6) is -1.68. The average molecular weight is 449 g/mol. The van der Waals surface area contributed by atoms with E-state index in [2.05, 4.69) is 5.32 Å². The lowest BCUT2D eigenvalue weighted by atomic mass is 10.1. The van der Waals surface area contributed by atoms with Gasteiger partial charge in [-0.2, -0.15) is 0 Å². The third-order valence-electron chi connectivity index (χ3n) is 3.43. The number of carbonyl (C=O) groups is 2. The smallest absolute Gasteiger partial charge is 0.326 e. The minimum Gasteiger partial charge on any atom is -0.494 e. The molecule has 0 bridgehead atoms. The van der Waals surface area contributed by atoms with E-state index < -0.39 is 33.9 Å². The van der Waals surface area contributed by atoms with Gasteiger partial charge in [0.05, 0.1) is 39.9 Å². The highest BCUT2D eigenvalue weighted by molar-refractivity contribution is 6.40. The molecule has 3 amide bonds. The summed E-state index contributed by atoms with van der Waals surface area (Å²) in [6, 6.07) is 4.51. The number of nitrogens with zero attached hydrogens (tertiary/aromatic N) is 1. The largest absolute Gasteiger partial charge is 0.494 e. The van der Waals surface area contributed by atoms with Gasteiger partial charge >= 0.3 is 11.7 Å². The van der Waals surface area contributed by atoms with Crippen LogP contribution in [0.2, 0.25) is 15.1 Å².